The summed E-state index contributed by atoms with van der Waals surface area (Å²) in [6.45, 7) is 0. The first-order chi connectivity index (χ1) is 8.19. The second-order valence-corrected chi connectivity index (χ2v) is 4.59. The van der Waals surface area contributed by atoms with Crippen LogP contribution in [0.15, 0.2) is 52.3 Å². The van der Waals surface area contributed by atoms with E-state index in [9.17, 15) is 4.39 Å². The highest BCUT2D eigenvalue weighted by Gasteiger charge is 2.05. The summed E-state index contributed by atoms with van der Waals surface area (Å²) in [5.41, 5.74) is 6.02. The van der Waals surface area contributed by atoms with Gasteiger partial charge in [0.25, 0.3) is 0 Å². The van der Waals surface area contributed by atoms with E-state index in [4.69, 9.17) is 10.5 Å². The van der Waals surface area contributed by atoms with Crippen molar-refractivity contribution in [1.82, 2.24) is 0 Å². The lowest BCUT2D eigenvalue weighted by molar-refractivity contribution is 0.405. The third-order valence-corrected chi connectivity index (χ3v) is 3.22. The minimum absolute atomic E-state index is 0.331. The molecule has 0 unspecified atom stereocenters. The Morgan fingerprint density at radius 1 is 1.18 bits per heavy atom. The molecule has 2 aromatic rings. The van der Waals surface area contributed by atoms with Crippen LogP contribution in [0.25, 0.3) is 0 Å². The summed E-state index contributed by atoms with van der Waals surface area (Å²) < 4.78 is 18.4. The van der Waals surface area contributed by atoms with Crippen LogP contribution in [0.1, 0.15) is 0 Å². The van der Waals surface area contributed by atoms with Gasteiger partial charge in [-0.3, -0.25) is 0 Å². The minimum atomic E-state index is -0.331. The molecule has 2 rings (SSSR count). The van der Waals surface area contributed by atoms with Crippen LogP contribution in [-0.2, 0) is 0 Å². The van der Waals surface area contributed by atoms with E-state index in [0.717, 1.165) is 15.5 Å². The van der Waals surface area contributed by atoms with Gasteiger partial charge >= 0.3 is 0 Å². The van der Waals surface area contributed by atoms with Gasteiger partial charge < -0.3 is 10.5 Å². The molecule has 0 aliphatic heterocycles. The number of rotatable bonds is 3. The molecule has 2 nitrogen and oxygen atoms in total. The van der Waals surface area contributed by atoms with Crippen molar-refractivity contribution in [3.05, 3.63) is 48.3 Å². The standard InChI is InChI=1S/C13H12FNOS/c1-16-12-4-2-3-5-13(12)17-11-7-9(14)6-10(15)8-11/h2-8H,15H2,1H3. The average Bonchev–Trinajstić information content (AvgIpc) is 2.28. The van der Waals surface area contributed by atoms with Crippen molar-refractivity contribution in [1.29, 1.82) is 0 Å². The molecule has 0 saturated carbocycles. The molecule has 4 heteroatoms. The Hall–Kier alpha value is -1.68. The van der Waals surface area contributed by atoms with Crippen molar-refractivity contribution in [2.24, 2.45) is 0 Å². The van der Waals surface area contributed by atoms with Crippen LogP contribution in [0.2, 0.25) is 0 Å². The zero-order chi connectivity index (χ0) is 12.3. The largest absolute Gasteiger partial charge is 0.496 e. The van der Waals surface area contributed by atoms with Gasteiger partial charge in [0.05, 0.1) is 12.0 Å². The second kappa shape index (κ2) is 5.10. The van der Waals surface area contributed by atoms with Gasteiger partial charge in [-0.05, 0) is 30.3 Å². The van der Waals surface area contributed by atoms with E-state index in [1.54, 1.807) is 13.2 Å². The molecule has 0 aliphatic rings. The summed E-state index contributed by atoms with van der Waals surface area (Å²) in [4.78, 5) is 1.69. The summed E-state index contributed by atoms with van der Waals surface area (Å²) in [6.07, 6.45) is 0. The molecule has 0 saturated heterocycles. The Bertz CT molecular complexity index is 510. The molecule has 0 radical (unpaired) electrons. The first-order valence-electron chi connectivity index (χ1n) is 5.06. The predicted molar refractivity (Wildman–Crippen MR) is 67.9 cm³/mol. The summed E-state index contributed by atoms with van der Waals surface area (Å²) >= 11 is 1.42. The number of nitrogens with two attached hydrogens (primary N) is 1. The molecule has 0 atom stereocenters. The lowest BCUT2D eigenvalue weighted by Crippen LogP contribution is -1.88. The van der Waals surface area contributed by atoms with Crippen molar-refractivity contribution in [2.75, 3.05) is 12.8 Å². The van der Waals surface area contributed by atoms with Crippen LogP contribution < -0.4 is 10.5 Å². The molecule has 2 aromatic carbocycles. The van der Waals surface area contributed by atoms with Crippen molar-refractivity contribution in [3.8, 4) is 5.75 Å². The van der Waals surface area contributed by atoms with Gasteiger partial charge in [-0.25, -0.2) is 4.39 Å². The van der Waals surface area contributed by atoms with Gasteiger partial charge in [-0.2, -0.15) is 0 Å². The average molecular weight is 249 g/mol. The van der Waals surface area contributed by atoms with Crippen LogP contribution in [0, 0.1) is 5.82 Å². The van der Waals surface area contributed by atoms with E-state index >= 15 is 0 Å². The molecule has 0 heterocycles. The van der Waals surface area contributed by atoms with E-state index in [2.05, 4.69) is 0 Å². The van der Waals surface area contributed by atoms with E-state index in [1.165, 1.54) is 23.9 Å². The predicted octanol–water partition coefficient (Wildman–Crippen LogP) is 3.57. The fraction of sp³-hybridized carbons (Fsp3) is 0.0769. The SMILES string of the molecule is COc1ccccc1Sc1cc(N)cc(F)c1. The van der Waals surface area contributed by atoms with Crippen LogP contribution >= 0.6 is 11.8 Å². The first kappa shape index (κ1) is 11.8. The van der Waals surface area contributed by atoms with E-state index in [0.29, 0.717) is 5.69 Å². The molecule has 0 aliphatic carbocycles. The number of halogens is 1. The van der Waals surface area contributed by atoms with Crippen LogP contribution in [0.4, 0.5) is 10.1 Å². The number of hydrogen-bond donors (Lipinski definition) is 1. The summed E-state index contributed by atoms with van der Waals surface area (Å²) in [7, 11) is 1.61. The second-order valence-electron chi connectivity index (χ2n) is 3.47. The molecule has 17 heavy (non-hydrogen) atoms. The molecule has 88 valence electrons. The number of hydrogen-bond acceptors (Lipinski definition) is 3. The Morgan fingerprint density at radius 3 is 2.65 bits per heavy atom. The highest BCUT2D eigenvalue weighted by molar-refractivity contribution is 7.99. The molecule has 0 amide bonds. The molecule has 0 fully saturated rings. The van der Waals surface area contributed by atoms with Gasteiger partial charge in [-0.1, -0.05) is 23.9 Å². The lowest BCUT2D eigenvalue weighted by atomic mass is 10.3. The monoisotopic (exact) mass is 249 g/mol. The van der Waals surface area contributed by atoms with E-state index in [-0.39, 0.29) is 5.82 Å². The maximum absolute atomic E-state index is 13.2. The van der Waals surface area contributed by atoms with E-state index in [1.807, 2.05) is 24.3 Å². The lowest BCUT2D eigenvalue weighted by Gasteiger charge is -2.08. The molecule has 0 spiro atoms. The quantitative estimate of drug-likeness (QED) is 0.845. The Labute approximate surface area is 104 Å². The van der Waals surface area contributed by atoms with Gasteiger partial charge in [0.15, 0.2) is 0 Å². The molecule has 2 N–H and O–H groups in total. The maximum Gasteiger partial charge on any atom is 0.132 e. The fourth-order valence-electron chi connectivity index (χ4n) is 1.47. The number of para-hydroxylation sites is 1. The van der Waals surface area contributed by atoms with Crippen LogP contribution in [0.3, 0.4) is 0 Å². The smallest absolute Gasteiger partial charge is 0.132 e. The third kappa shape index (κ3) is 2.91. The van der Waals surface area contributed by atoms with Crippen molar-refractivity contribution in [2.45, 2.75) is 9.79 Å². The normalized spacial score (nSPS) is 10.2. The highest BCUT2D eigenvalue weighted by Crippen LogP contribution is 2.35. The Kier molecular flexibility index (Phi) is 3.54. The van der Waals surface area contributed by atoms with Crippen molar-refractivity contribution >= 4 is 17.4 Å². The number of anilines is 1. The van der Waals surface area contributed by atoms with Gasteiger partial charge in [0, 0.05) is 10.6 Å². The summed E-state index contributed by atoms with van der Waals surface area (Å²) in [5, 5.41) is 0. The summed E-state index contributed by atoms with van der Waals surface area (Å²) in [5.74, 6) is 0.433. The van der Waals surface area contributed by atoms with Crippen LogP contribution in [-0.4, -0.2) is 7.11 Å². The zero-order valence-electron chi connectivity index (χ0n) is 9.31. The van der Waals surface area contributed by atoms with Gasteiger partial charge in [0.2, 0.25) is 0 Å². The molecule has 0 bridgehead atoms. The van der Waals surface area contributed by atoms with Crippen molar-refractivity contribution < 1.29 is 9.13 Å². The van der Waals surface area contributed by atoms with Gasteiger partial charge in [0.1, 0.15) is 11.6 Å². The van der Waals surface area contributed by atoms with Gasteiger partial charge in [-0.15, -0.1) is 0 Å². The highest BCUT2D eigenvalue weighted by atomic mass is 32.2. The van der Waals surface area contributed by atoms with Crippen LogP contribution in [0.5, 0.6) is 5.75 Å². The zero-order valence-corrected chi connectivity index (χ0v) is 10.1. The summed E-state index contributed by atoms with van der Waals surface area (Å²) in [6, 6.07) is 12.1. The third-order valence-electron chi connectivity index (χ3n) is 2.19. The first-order valence-corrected chi connectivity index (χ1v) is 5.87. The number of ether oxygens (including phenoxy) is 1. The molecule has 0 aromatic heterocycles. The number of nitrogen functional groups attached to an aromatic ring is 1. The fourth-order valence-corrected chi connectivity index (χ4v) is 2.49. The topological polar surface area (TPSA) is 35.2 Å². The number of methoxy groups -OCH3 is 1. The number of benzene rings is 2. The van der Waals surface area contributed by atoms with E-state index < -0.39 is 0 Å². The molecular formula is C13H12FNOS. The molecular weight excluding hydrogens is 237 g/mol. The van der Waals surface area contributed by atoms with Crippen molar-refractivity contribution in [3.63, 3.8) is 0 Å². The minimum Gasteiger partial charge on any atom is -0.496 e. The Morgan fingerprint density at radius 2 is 1.94 bits per heavy atom. The maximum atomic E-state index is 13.2. The Balaban J connectivity index is 2.31.